The molecule has 0 aromatic heterocycles. The highest BCUT2D eigenvalue weighted by atomic mass is 16.7. The van der Waals surface area contributed by atoms with Gasteiger partial charge in [0.15, 0.2) is 16.6 Å². The van der Waals surface area contributed by atoms with Crippen molar-refractivity contribution in [3.05, 3.63) is 72.3 Å². The van der Waals surface area contributed by atoms with Gasteiger partial charge in [-0.2, -0.15) is 0 Å². The molecule has 0 bridgehead atoms. The van der Waals surface area contributed by atoms with Gasteiger partial charge in [-0.3, -0.25) is 4.79 Å². The maximum absolute atomic E-state index is 13.5. The summed E-state index contributed by atoms with van der Waals surface area (Å²) < 4.78 is 12.3. The number of carbonyl (C=O) groups is 1. The van der Waals surface area contributed by atoms with E-state index >= 15 is 0 Å². The van der Waals surface area contributed by atoms with Gasteiger partial charge in [-0.25, -0.2) is 4.99 Å². The molecule has 0 fully saturated rings. The minimum atomic E-state index is -1.57. The van der Waals surface area contributed by atoms with E-state index in [4.69, 9.17) is 19.3 Å². The third-order valence-corrected chi connectivity index (χ3v) is 6.72. The van der Waals surface area contributed by atoms with Crippen LogP contribution in [0.2, 0.25) is 0 Å². The summed E-state index contributed by atoms with van der Waals surface area (Å²) >= 11 is 0. The van der Waals surface area contributed by atoms with Gasteiger partial charge in [0.25, 0.3) is 17.6 Å². The summed E-state index contributed by atoms with van der Waals surface area (Å²) in [6.07, 6.45) is -1.44. The first kappa shape index (κ1) is 22.1. The van der Waals surface area contributed by atoms with E-state index < -0.39 is 17.9 Å². The predicted octanol–water partition coefficient (Wildman–Crippen LogP) is 3.24. The molecule has 0 saturated carbocycles. The molecule has 10 heteroatoms. The van der Waals surface area contributed by atoms with Gasteiger partial charge < -0.3 is 30.1 Å². The molecule has 3 aromatic carbocycles. The molecule has 3 heterocycles. The van der Waals surface area contributed by atoms with Gasteiger partial charge in [-0.15, -0.1) is 0 Å². The van der Waals surface area contributed by atoms with Crippen molar-refractivity contribution in [3.63, 3.8) is 0 Å². The van der Waals surface area contributed by atoms with Crippen LogP contribution in [-0.2, 0) is 15.2 Å². The van der Waals surface area contributed by atoms with Gasteiger partial charge in [0.05, 0.1) is 31.3 Å². The Hall–Kier alpha value is -4.44. The first-order valence-corrected chi connectivity index (χ1v) is 11.4. The molecule has 182 valence electrons. The molecule has 2 N–H and O–H groups in total. The summed E-state index contributed by atoms with van der Waals surface area (Å²) in [5, 5.41) is 23.7. The normalized spacial score (nSPS) is 23.9. The van der Waals surface area contributed by atoms with Crippen LogP contribution in [0.4, 0.5) is 22.7 Å². The van der Waals surface area contributed by atoms with E-state index in [1.807, 2.05) is 48.5 Å². The quantitative estimate of drug-likeness (QED) is 0.548. The van der Waals surface area contributed by atoms with Crippen LogP contribution in [0.15, 0.2) is 77.0 Å². The number of fused-ring (bicyclic) bond motifs is 3. The molecule has 0 aliphatic carbocycles. The van der Waals surface area contributed by atoms with Crippen molar-refractivity contribution < 1.29 is 28.9 Å². The number of hydrogen-bond acceptors (Lipinski definition) is 8. The number of nitrogens with one attached hydrogen (secondary N) is 2. The van der Waals surface area contributed by atoms with Gasteiger partial charge in [0.1, 0.15) is 12.0 Å². The van der Waals surface area contributed by atoms with E-state index in [0.717, 1.165) is 5.56 Å². The molecule has 3 aliphatic rings. The number of benzene rings is 3. The number of amides is 1. The van der Waals surface area contributed by atoms with Gasteiger partial charge in [-0.05, 0) is 29.0 Å². The summed E-state index contributed by atoms with van der Waals surface area (Å²) in [4.78, 5) is 23.6. The van der Waals surface area contributed by atoms with Crippen LogP contribution in [0.1, 0.15) is 12.0 Å². The number of para-hydroxylation sites is 3. The van der Waals surface area contributed by atoms with E-state index in [1.165, 1.54) is 11.8 Å². The smallest absolute Gasteiger partial charge is 0.277 e. The first-order valence-electron chi connectivity index (χ1n) is 11.4. The number of methoxy groups -OCH3 is 2. The molecule has 10 nitrogen and oxygen atoms in total. The van der Waals surface area contributed by atoms with Crippen LogP contribution in [0.3, 0.4) is 0 Å². The highest BCUT2D eigenvalue weighted by Gasteiger charge is 2.53. The van der Waals surface area contributed by atoms with E-state index in [0.29, 0.717) is 40.0 Å². The summed E-state index contributed by atoms with van der Waals surface area (Å²) in [7, 11) is 3.08. The maximum atomic E-state index is 13.5. The second-order valence-corrected chi connectivity index (χ2v) is 8.71. The summed E-state index contributed by atoms with van der Waals surface area (Å²) in [6, 6.07) is 19.2. The average Bonchev–Trinajstić information content (AvgIpc) is 3.34. The van der Waals surface area contributed by atoms with Gasteiger partial charge >= 0.3 is 0 Å². The number of rotatable bonds is 4. The standard InChI is InChI=1S/C26H23N5O5/c1-34-15-11-12-21(22(13-15)35-2)31-23(24(32)36-30-31)20-14-26(29-19-10-6-5-9-18(19)27-20)16-7-3-4-8-17(16)28-25(26)33/h3-13,23-24,29H,14H2,1-2H3,(H,28,33). The lowest BCUT2D eigenvalue weighted by atomic mass is 9.84. The second kappa shape index (κ2) is 8.35. The number of anilines is 2. The topological polar surface area (TPSA) is 120 Å². The van der Waals surface area contributed by atoms with Crippen molar-refractivity contribution in [1.82, 2.24) is 0 Å². The van der Waals surface area contributed by atoms with Crippen molar-refractivity contribution >= 4 is 34.4 Å². The number of aliphatic imine (C=N–C) groups is 1. The Morgan fingerprint density at radius 1 is 1.06 bits per heavy atom. The Morgan fingerprint density at radius 2 is 1.83 bits per heavy atom. The van der Waals surface area contributed by atoms with Crippen LogP contribution in [0, 0.1) is 0 Å². The summed E-state index contributed by atoms with van der Waals surface area (Å²) in [5.74, 6) is 0.821. The Kier molecular flexibility index (Phi) is 5.11. The molecule has 1 amide bonds. The largest absolute Gasteiger partial charge is 0.814 e. The summed E-state index contributed by atoms with van der Waals surface area (Å²) in [6.45, 7) is 0. The molecule has 6 rings (SSSR count). The average molecular weight is 486 g/mol. The first-order chi connectivity index (χ1) is 17.5. The molecule has 3 atom stereocenters. The molecular formula is C26H23N5O5. The lowest BCUT2D eigenvalue weighted by molar-refractivity contribution is -0.558. The Labute approximate surface area is 206 Å². The fraction of sp³-hybridized carbons (Fsp3) is 0.231. The summed E-state index contributed by atoms with van der Waals surface area (Å²) in [5.41, 5.74) is 2.60. The Morgan fingerprint density at radius 3 is 2.64 bits per heavy atom. The zero-order valence-corrected chi connectivity index (χ0v) is 19.6. The van der Waals surface area contributed by atoms with Crippen molar-refractivity contribution in [2.45, 2.75) is 24.3 Å². The zero-order valence-electron chi connectivity index (χ0n) is 19.6. The maximum Gasteiger partial charge on any atom is 0.277 e. The van der Waals surface area contributed by atoms with Gasteiger partial charge in [0.2, 0.25) is 0 Å². The van der Waals surface area contributed by atoms with E-state index in [2.05, 4.69) is 15.9 Å². The van der Waals surface area contributed by atoms with Crippen molar-refractivity contribution in [2.24, 2.45) is 10.3 Å². The lowest BCUT2D eigenvalue weighted by Gasteiger charge is -2.30. The second-order valence-electron chi connectivity index (χ2n) is 8.71. The minimum absolute atomic E-state index is 0.127. The minimum Gasteiger partial charge on any atom is -0.814 e. The third-order valence-electron chi connectivity index (χ3n) is 6.72. The monoisotopic (exact) mass is 485 g/mol. The molecule has 3 aliphatic heterocycles. The van der Waals surface area contributed by atoms with E-state index in [-0.39, 0.29) is 12.3 Å². The molecule has 1 spiro atoms. The van der Waals surface area contributed by atoms with Crippen LogP contribution in [-0.4, -0.2) is 42.9 Å². The van der Waals surface area contributed by atoms with Gasteiger partial charge in [0, 0.05) is 29.8 Å². The third kappa shape index (κ3) is 3.29. The molecule has 3 unspecified atom stereocenters. The zero-order chi connectivity index (χ0) is 24.9. The van der Waals surface area contributed by atoms with Gasteiger partial charge in [-0.1, -0.05) is 30.3 Å². The Bertz CT molecular complexity index is 1440. The van der Waals surface area contributed by atoms with E-state index in [1.54, 1.807) is 25.3 Å². The number of ether oxygens (including phenoxy) is 2. The molecule has 3 aromatic rings. The van der Waals surface area contributed by atoms with Crippen LogP contribution in [0.25, 0.3) is 0 Å². The molecule has 36 heavy (non-hydrogen) atoms. The fourth-order valence-corrected chi connectivity index (χ4v) is 4.99. The predicted molar refractivity (Wildman–Crippen MR) is 129 cm³/mol. The van der Waals surface area contributed by atoms with Crippen LogP contribution < -0.4 is 25.2 Å². The van der Waals surface area contributed by atoms with Crippen molar-refractivity contribution in [2.75, 3.05) is 24.9 Å². The molecule has 0 saturated heterocycles. The molecule has 0 radical (unpaired) electrons. The number of hydrogen-bond donors (Lipinski definition) is 2. The van der Waals surface area contributed by atoms with Crippen molar-refractivity contribution in [1.29, 1.82) is 0 Å². The Balaban J connectivity index is 1.51. The number of carbonyl (C=O) groups excluding carboxylic acids is 1. The van der Waals surface area contributed by atoms with Crippen LogP contribution in [0.5, 0.6) is 11.5 Å². The number of nitrogens with zero attached hydrogens (tertiary/aromatic N) is 3. The lowest BCUT2D eigenvalue weighted by Crippen LogP contribution is -2.50. The van der Waals surface area contributed by atoms with Crippen LogP contribution >= 0.6 is 0 Å². The molecular weight excluding hydrogens is 462 g/mol. The van der Waals surface area contributed by atoms with Crippen molar-refractivity contribution in [3.8, 4) is 11.5 Å². The van der Waals surface area contributed by atoms with E-state index in [9.17, 15) is 9.90 Å². The highest BCUT2D eigenvalue weighted by Crippen LogP contribution is 2.46. The SMILES string of the molecule is COc1ccc([N+]2=NOC([O-])C2C2=Nc3ccccc3NC3(C2)C(=O)Nc2ccccc23)c(OC)c1. The highest BCUT2D eigenvalue weighted by molar-refractivity contribution is 6.12. The fourth-order valence-electron chi connectivity index (χ4n) is 4.99.